The molecule has 1 aromatic carbocycles. The Morgan fingerprint density at radius 3 is 2.94 bits per heavy atom. The summed E-state index contributed by atoms with van der Waals surface area (Å²) in [6.07, 6.45) is 2.24. The van der Waals surface area contributed by atoms with Gasteiger partial charge < -0.3 is 10.3 Å². The molecule has 0 amide bonds. The molecule has 2 rings (SSSR count). The van der Waals surface area contributed by atoms with E-state index in [4.69, 9.17) is 5.73 Å². The van der Waals surface area contributed by atoms with Crippen molar-refractivity contribution in [2.45, 2.75) is 16.5 Å². The fourth-order valence-corrected chi connectivity index (χ4v) is 2.40. The Bertz CT molecular complexity index is 512. The minimum atomic E-state index is -0.246. The molecule has 0 bridgehead atoms. The maximum absolute atomic E-state index is 13.8. The highest BCUT2D eigenvalue weighted by atomic mass is 32.2. The van der Waals surface area contributed by atoms with Crippen LogP contribution in [0.1, 0.15) is 5.56 Å². The van der Waals surface area contributed by atoms with Crippen LogP contribution in [0.2, 0.25) is 0 Å². The normalized spacial score (nSPS) is 10.8. The third-order valence-electron chi connectivity index (χ3n) is 2.33. The van der Waals surface area contributed by atoms with E-state index in [1.165, 1.54) is 17.8 Å². The van der Waals surface area contributed by atoms with Crippen molar-refractivity contribution in [2.24, 2.45) is 12.8 Å². The van der Waals surface area contributed by atoms with E-state index in [-0.39, 0.29) is 5.82 Å². The minimum Gasteiger partial charge on any atom is -0.330 e. The van der Waals surface area contributed by atoms with Crippen molar-refractivity contribution >= 4 is 11.8 Å². The van der Waals surface area contributed by atoms with Crippen LogP contribution in [0.15, 0.2) is 34.6 Å². The van der Waals surface area contributed by atoms with Crippen LogP contribution in [-0.4, -0.2) is 21.3 Å². The summed E-state index contributed by atoms with van der Waals surface area (Å²) in [6.45, 7) is 0.496. The number of rotatable bonds is 4. The van der Waals surface area contributed by atoms with Crippen LogP contribution < -0.4 is 5.73 Å². The second-order valence-corrected chi connectivity index (χ2v) is 4.57. The fraction of sp³-hybridized carbons (Fsp3) is 0.273. The summed E-state index contributed by atoms with van der Waals surface area (Å²) in [5.74, 6) is -0.246. The third kappa shape index (κ3) is 2.65. The van der Waals surface area contributed by atoms with Gasteiger partial charge in [-0.3, -0.25) is 0 Å². The van der Waals surface area contributed by atoms with Crippen LogP contribution in [-0.2, 0) is 13.5 Å². The van der Waals surface area contributed by atoms with Crippen LogP contribution in [0.5, 0.6) is 0 Å². The molecule has 1 aromatic heterocycles. The van der Waals surface area contributed by atoms with Crippen LogP contribution >= 0.6 is 11.8 Å². The zero-order valence-corrected chi connectivity index (χ0v) is 10.2. The van der Waals surface area contributed by atoms with Crippen molar-refractivity contribution in [2.75, 3.05) is 6.54 Å². The van der Waals surface area contributed by atoms with Crippen molar-refractivity contribution in [3.8, 4) is 0 Å². The first kappa shape index (κ1) is 12.1. The highest BCUT2D eigenvalue weighted by molar-refractivity contribution is 7.99. The van der Waals surface area contributed by atoms with Crippen LogP contribution in [0.4, 0.5) is 4.39 Å². The first-order valence-electron chi connectivity index (χ1n) is 5.21. The first-order valence-corrected chi connectivity index (χ1v) is 6.03. The standard InChI is InChI=1S/C11H13FN4S/c1-16-7-14-15-11(16)17-10-8(5-6-13)3-2-4-9(10)12/h2-4,7H,5-6,13H2,1H3. The number of hydrogen-bond donors (Lipinski definition) is 1. The van der Waals surface area contributed by atoms with E-state index in [0.717, 1.165) is 5.56 Å². The van der Waals surface area contributed by atoms with Gasteiger partial charge in [-0.15, -0.1) is 10.2 Å². The first-order chi connectivity index (χ1) is 8.22. The highest BCUT2D eigenvalue weighted by Gasteiger charge is 2.12. The van der Waals surface area contributed by atoms with Crippen molar-refractivity contribution in [3.63, 3.8) is 0 Å². The lowest BCUT2D eigenvalue weighted by atomic mass is 10.1. The van der Waals surface area contributed by atoms with Gasteiger partial charge in [0.1, 0.15) is 12.1 Å². The molecule has 0 radical (unpaired) electrons. The molecule has 0 atom stereocenters. The number of aromatic nitrogens is 3. The maximum atomic E-state index is 13.8. The number of nitrogens with two attached hydrogens (primary N) is 1. The van der Waals surface area contributed by atoms with Gasteiger partial charge in [-0.1, -0.05) is 12.1 Å². The van der Waals surface area contributed by atoms with E-state index >= 15 is 0 Å². The SMILES string of the molecule is Cn1cnnc1Sc1c(F)cccc1CCN. The summed E-state index contributed by atoms with van der Waals surface area (Å²) in [4.78, 5) is 0.578. The monoisotopic (exact) mass is 252 g/mol. The fourth-order valence-electron chi connectivity index (χ4n) is 1.48. The van der Waals surface area contributed by atoms with Crippen molar-refractivity contribution in [1.82, 2.24) is 14.8 Å². The van der Waals surface area contributed by atoms with Gasteiger partial charge in [0.15, 0.2) is 5.16 Å². The average molecular weight is 252 g/mol. The second-order valence-electron chi connectivity index (χ2n) is 3.59. The van der Waals surface area contributed by atoms with Gasteiger partial charge in [-0.05, 0) is 36.4 Å². The number of nitrogens with zero attached hydrogens (tertiary/aromatic N) is 3. The molecule has 0 saturated carbocycles. The molecule has 0 spiro atoms. The lowest BCUT2D eigenvalue weighted by Gasteiger charge is -2.08. The van der Waals surface area contributed by atoms with E-state index in [1.54, 1.807) is 17.0 Å². The van der Waals surface area contributed by atoms with E-state index in [1.807, 2.05) is 13.1 Å². The predicted molar refractivity (Wildman–Crippen MR) is 64.3 cm³/mol. The molecular formula is C11H13FN4S. The van der Waals surface area contributed by atoms with Crippen molar-refractivity contribution in [3.05, 3.63) is 35.9 Å². The molecule has 0 aliphatic carbocycles. The molecule has 2 aromatic rings. The Balaban J connectivity index is 2.34. The average Bonchev–Trinajstić information content (AvgIpc) is 2.70. The summed E-state index contributed by atoms with van der Waals surface area (Å²) in [6, 6.07) is 5.02. The number of benzene rings is 1. The number of halogens is 1. The molecule has 6 heteroatoms. The van der Waals surface area contributed by atoms with Crippen LogP contribution in [0.25, 0.3) is 0 Å². The van der Waals surface area contributed by atoms with E-state index in [9.17, 15) is 4.39 Å². The molecule has 0 aliphatic rings. The predicted octanol–water partition coefficient (Wildman–Crippen LogP) is 1.61. The highest BCUT2D eigenvalue weighted by Crippen LogP contribution is 2.31. The van der Waals surface area contributed by atoms with E-state index < -0.39 is 0 Å². The van der Waals surface area contributed by atoms with Gasteiger partial charge in [0.05, 0.1) is 4.90 Å². The Labute approximate surface area is 103 Å². The summed E-state index contributed by atoms with van der Waals surface area (Å²) in [5.41, 5.74) is 6.42. The quantitative estimate of drug-likeness (QED) is 0.898. The van der Waals surface area contributed by atoms with Crippen molar-refractivity contribution in [1.29, 1.82) is 0 Å². The largest absolute Gasteiger partial charge is 0.330 e. The van der Waals surface area contributed by atoms with Crippen LogP contribution in [0, 0.1) is 5.82 Å². The molecule has 0 saturated heterocycles. The molecule has 0 unspecified atom stereocenters. The zero-order valence-electron chi connectivity index (χ0n) is 9.43. The van der Waals surface area contributed by atoms with Gasteiger partial charge in [-0.2, -0.15) is 0 Å². The molecule has 17 heavy (non-hydrogen) atoms. The van der Waals surface area contributed by atoms with E-state index in [2.05, 4.69) is 10.2 Å². The lowest BCUT2D eigenvalue weighted by molar-refractivity contribution is 0.596. The molecule has 4 nitrogen and oxygen atoms in total. The summed E-state index contributed by atoms with van der Waals surface area (Å²) in [7, 11) is 1.83. The Kier molecular flexibility index (Phi) is 3.75. The second kappa shape index (κ2) is 5.29. The topological polar surface area (TPSA) is 56.7 Å². The van der Waals surface area contributed by atoms with Gasteiger partial charge in [0.25, 0.3) is 0 Å². The smallest absolute Gasteiger partial charge is 0.195 e. The lowest BCUT2D eigenvalue weighted by Crippen LogP contribution is -2.04. The molecule has 2 N–H and O–H groups in total. The third-order valence-corrected chi connectivity index (χ3v) is 3.54. The van der Waals surface area contributed by atoms with Gasteiger partial charge in [-0.25, -0.2) is 4.39 Å². The zero-order chi connectivity index (χ0) is 12.3. The molecule has 0 fully saturated rings. The Hall–Kier alpha value is -1.40. The number of aryl methyl sites for hydroxylation is 1. The summed E-state index contributed by atoms with van der Waals surface area (Å²) in [5, 5.41) is 8.36. The molecule has 0 aliphatic heterocycles. The Morgan fingerprint density at radius 1 is 1.47 bits per heavy atom. The van der Waals surface area contributed by atoms with E-state index in [0.29, 0.717) is 23.0 Å². The Morgan fingerprint density at radius 2 is 2.29 bits per heavy atom. The summed E-state index contributed by atoms with van der Waals surface area (Å²) < 4.78 is 15.5. The molecule has 90 valence electrons. The maximum Gasteiger partial charge on any atom is 0.195 e. The summed E-state index contributed by atoms with van der Waals surface area (Å²) >= 11 is 1.27. The molecular weight excluding hydrogens is 239 g/mol. The number of hydrogen-bond acceptors (Lipinski definition) is 4. The minimum absolute atomic E-state index is 0.246. The van der Waals surface area contributed by atoms with Gasteiger partial charge in [0, 0.05) is 7.05 Å². The molecule has 1 heterocycles. The van der Waals surface area contributed by atoms with Crippen molar-refractivity contribution < 1.29 is 4.39 Å². The van der Waals surface area contributed by atoms with Gasteiger partial charge in [0.2, 0.25) is 0 Å². The van der Waals surface area contributed by atoms with Crippen LogP contribution in [0.3, 0.4) is 0 Å². The van der Waals surface area contributed by atoms with Gasteiger partial charge >= 0.3 is 0 Å².